The van der Waals surface area contributed by atoms with Crippen LogP contribution in [0.4, 0.5) is 0 Å². The molecule has 0 aliphatic carbocycles. The van der Waals surface area contributed by atoms with Gasteiger partial charge in [0.15, 0.2) is 0 Å². The number of hydrogen-bond acceptors (Lipinski definition) is 6. The van der Waals surface area contributed by atoms with E-state index in [9.17, 15) is 5.26 Å². The number of likely N-dealkylation sites (tertiary alicyclic amines) is 1. The van der Waals surface area contributed by atoms with Gasteiger partial charge in [-0.3, -0.25) is 4.98 Å². The smallest absolute Gasteiger partial charge is 0.133 e. The van der Waals surface area contributed by atoms with E-state index in [-0.39, 0.29) is 0 Å². The summed E-state index contributed by atoms with van der Waals surface area (Å²) in [6.45, 7) is 3.92. The van der Waals surface area contributed by atoms with Gasteiger partial charge in [0.1, 0.15) is 17.1 Å². The number of nitriles is 1. The standard InChI is InChI=1S/C21H20N6O/c1-13-7-15(25-28-13)9-20-24-19-11-23-18-4-3-14(10-22)8-17(18)21(19)27(20)16-5-6-26(2)12-16/h3-4,7-8,11,16H,5-6,9,12H2,1-2H3. The van der Waals surface area contributed by atoms with Crippen LogP contribution in [0.2, 0.25) is 0 Å². The normalized spacial score (nSPS) is 17.5. The Morgan fingerprint density at radius 1 is 1.29 bits per heavy atom. The molecule has 4 aromatic rings. The molecule has 0 spiro atoms. The van der Waals surface area contributed by atoms with Gasteiger partial charge in [0.05, 0.1) is 41.0 Å². The van der Waals surface area contributed by atoms with Crippen LogP contribution in [0, 0.1) is 18.3 Å². The topological polar surface area (TPSA) is 83.8 Å². The van der Waals surface area contributed by atoms with E-state index < -0.39 is 0 Å². The second-order valence-corrected chi connectivity index (χ2v) is 7.54. The van der Waals surface area contributed by atoms with E-state index >= 15 is 0 Å². The van der Waals surface area contributed by atoms with Gasteiger partial charge in [0.2, 0.25) is 0 Å². The minimum atomic E-state index is 0.328. The van der Waals surface area contributed by atoms with Crippen LogP contribution in [0.1, 0.15) is 35.3 Å². The lowest BCUT2D eigenvalue weighted by Crippen LogP contribution is -2.18. The average Bonchev–Trinajstić information content (AvgIpc) is 3.39. The zero-order valence-electron chi connectivity index (χ0n) is 15.9. The molecule has 28 heavy (non-hydrogen) atoms. The van der Waals surface area contributed by atoms with Gasteiger partial charge in [0, 0.05) is 24.0 Å². The fourth-order valence-corrected chi connectivity index (χ4v) is 4.20. The van der Waals surface area contributed by atoms with Gasteiger partial charge in [-0.1, -0.05) is 5.16 Å². The third-order valence-corrected chi connectivity index (χ3v) is 5.47. The molecule has 0 saturated carbocycles. The number of aryl methyl sites for hydroxylation is 1. The van der Waals surface area contributed by atoms with Gasteiger partial charge in [-0.15, -0.1) is 0 Å². The molecular weight excluding hydrogens is 352 g/mol. The Bertz CT molecular complexity index is 1230. The SMILES string of the molecule is Cc1cc(Cc2nc3cnc4ccc(C#N)cc4c3n2C2CCN(C)C2)no1. The van der Waals surface area contributed by atoms with Crippen molar-refractivity contribution in [1.29, 1.82) is 5.26 Å². The minimum absolute atomic E-state index is 0.328. The molecule has 1 aliphatic rings. The van der Waals surface area contributed by atoms with Crippen LogP contribution >= 0.6 is 0 Å². The number of rotatable bonds is 3. The van der Waals surface area contributed by atoms with Crippen molar-refractivity contribution in [2.75, 3.05) is 20.1 Å². The molecule has 0 radical (unpaired) electrons. The highest BCUT2D eigenvalue weighted by Crippen LogP contribution is 2.32. The van der Waals surface area contributed by atoms with Gasteiger partial charge in [-0.2, -0.15) is 5.26 Å². The monoisotopic (exact) mass is 372 g/mol. The van der Waals surface area contributed by atoms with Crippen LogP contribution < -0.4 is 0 Å². The fourth-order valence-electron chi connectivity index (χ4n) is 4.20. The maximum atomic E-state index is 9.37. The lowest BCUT2D eigenvalue weighted by molar-refractivity contribution is 0.387. The third-order valence-electron chi connectivity index (χ3n) is 5.47. The van der Waals surface area contributed by atoms with Crippen LogP contribution in [-0.2, 0) is 6.42 Å². The van der Waals surface area contributed by atoms with Crippen molar-refractivity contribution in [2.24, 2.45) is 0 Å². The van der Waals surface area contributed by atoms with Crippen molar-refractivity contribution >= 4 is 21.9 Å². The predicted octanol–water partition coefficient (Wildman–Crippen LogP) is 3.22. The van der Waals surface area contributed by atoms with E-state index in [1.165, 1.54) is 0 Å². The molecular formula is C21H20N6O. The molecule has 0 N–H and O–H groups in total. The Balaban J connectivity index is 1.76. The first-order valence-corrected chi connectivity index (χ1v) is 9.43. The van der Waals surface area contributed by atoms with E-state index in [1.54, 1.807) is 0 Å². The number of imidazole rings is 1. The number of pyridine rings is 1. The zero-order valence-corrected chi connectivity index (χ0v) is 15.9. The second-order valence-electron chi connectivity index (χ2n) is 7.54. The maximum absolute atomic E-state index is 9.37. The Kier molecular flexibility index (Phi) is 3.88. The number of likely N-dealkylation sites (N-methyl/N-ethyl adjacent to an activating group) is 1. The number of fused-ring (bicyclic) bond motifs is 3. The largest absolute Gasteiger partial charge is 0.361 e. The summed E-state index contributed by atoms with van der Waals surface area (Å²) >= 11 is 0. The Morgan fingerprint density at radius 3 is 2.89 bits per heavy atom. The van der Waals surface area contributed by atoms with Crippen molar-refractivity contribution in [3.05, 3.63) is 53.3 Å². The molecule has 140 valence electrons. The van der Waals surface area contributed by atoms with Crippen LogP contribution in [0.15, 0.2) is 35.0 Å². The van der Waals surface area contributed by atoms with Crippen molar-refractivity contribution in [3.63, 3.8) is 0 Å². The molecule has 0 amide bonds. The van der Waals surface area contributed by atoms with Crippen molar-refractivity contribution in [2.45, 2.75) is 25.8 Å². The highest BCUT2D eigenvalue weighted by molar-refractivity contribution is 6.02. The number of benzene rings is 1. The Hall–Kier alpha value is -3.24. The van der Waals surface area contributed by atoms with Crippen molar-refractivity contribution in [3.8, 4) is 6.07 Å². The van der Waals surface area contributed by atoms with Gasteiger partial charge in [-0.05, 0) is 45.1 Å². The molecule has 1 unspecified atom stereocenters. The summed E-state index contributed by atoms with van der Waals surface area (Å²) in [5, 5.41) is 14.5. The molecule has 0 bridgehead atoms. The molecule has 5 rings (SSSR count). The second kappa shape index (κ2) is 6.43. The van der Waals surface area contributed by atoms with Crippen molar-refractivity contribution in [1.82, 2.24) is 24.6 Å². The number of nitrogens with zero attached hydrogens (tertiary/aromatic N) is 6. The molecule has 1 atom stereocenters. The molecule has 1 aliphatic heterocycles. The first-order chi connectivity index (χ1) is 13.6. The highest BCUT2D eigenvalue weighted by Gasteiger charge is 2.27. The molecule has 7 heteroatoms. The van der Waals surface area contributed by atoms with Crippen LogP contribution in [0.3, 0.4) is 0 Å². The van der Waals surface area contributed by atoms with Crippen LogP contribution in [-0.4, -0.2) is 44.7 Å². The average molecular weight is 372 g/mol. The number of aromatic nitrogens is 4. The van der Waals surface area contributed by atoms with Gasteiger partial charge in [0.25, 0.3) is 0 Å². The van der Waals surface area contributed by atoms with E-state index in [1.807, 2.05) is 37.4 Å². The first kappa shape index (κ1) is 16.9. The summed E-state index contributed by atoms with van der Waals surface area (Å²) in [6.07, 6.45) is 3.50. The van der Waals surface area contributed by atoms with E-state index in [2.05, 4.69) is 32.7 Å². The molecule has 4 heterocycles. The fraction of sp³-hybridized carbons (Fsp3) is 0.333. The van der Waals surface area contributed by atoms with Gasteiger partial charge < -0.3 is 14.0 Å². The Labute approximate surface area is 162 Å². The van der Waals surface area contributed by atoms with E-state index in [4.69, 9.17) is 9.51 Å². The summed E-state index contributed by atoms with van der Waals surface area (Å²) in [4.78, 5) is 11.8. The minimum Gasteiger partial charge on any atom is -0.361 e. The van der Waals surface area contributed by atoms with Crippen LogP contribution in [0.25, 0.3) is 21.9 Å². The van der Waals surface area contributed by atoms with Gasteiger partial charge in [-0.25, -0.2) is 4.98 Å². The molecule has 1 saturated heterocycles. The first-order valence-electron chi connectivity index (χ1n) is 9.43. The maximum Gasteiger partial charge on any atom is 0.133 e. The third kappa shape index (κ3) is 2.74. The summed E-state index contributed by atoms with van der Waals surface area (Å²) in [5.41, 5.74) is 4.29. The predicted molar refractivity (Wildman–Crippen MR) is 105 cm³/mol. The quantitative estimate of drug-likeness (QED) is 0.549. The molecule has 1 aromatic carbocycles. The summed E-state index contributed by atoms with van der Waals surface area (Å²) < 4.78 is 7.59. The number of hydrogen-bond donors (Lipinski definition) is 0. The van der Waals surface area contributed by atoms with E-state index in [0.29, 0.717) is 18.0 Å². The molecule has 3 aromatic heterocycles. The van der Waals surface area contributed by atoms with E-state index in [0.717, 1.165) is 58.7 Å². The van der Waals surface area contributed by atoms with Gasteiger partial charge >= 0.3 is 0 Å². The Morgan fingerprint density at radius 2 is 2.18 bits per heavy atom. The zero-order chi connectivity index (χ0) is 19.3. The summed E-state index contributed by atoms with van der Waals surface area (Å²) in [6, 6.07) is 10.2. The lowest BCUT2D eigenvalue weighted by atomic mass is 10.1. The summed E-state index contributed by atoms with van der Waals surface area (Å²) in [5.74, 6) is 1.75. The summed E-state index contributed by atoms with van der Waals surface area (Å²) in [7, 11) is 2.15. The lowest BCUT2D eigenvalue weighted by Gasteiger charge is -2.17. The molecule has 7 nitrogen and oxygen atoms in total. The van der Waals surface area contributed by atoms with Crippen molar-refractivity contribution < 1.29 is 4.52 Å². The molecule has 1 fully saturated rings. The highest BCUT2D eigenvalue weighted by atomic mass is 16.5. The van der Waals surface area contributed by atoms with Crippen LogP contribution in [0.5, 0.6) is 0 Å².